The van der Waals surface area contributed by atoms with Gasteiger partial charge in [0.05, 0.1) is 9.26 Å². The number of hydrogen-bond donors (Lipinski definition) is 2. The van der Waals surface area contributed by atoms with E-state index in [0.29, 0.717) is 22.0 Å². The Hall–Kier alpha value is -0.400. The molecule has 0 aliphatic carbocycles. The first-order chi connectivity index (χ1) is 9.64. The Morgan fingerprint density at radius 1 is 1.43 bits per heavy atom. The summed E-state index contributed by atoms with van der Waals surface area (Å²) in [5.41, 5.74) is 6.60. The van der Waals surface area contributed by atoms with Crippen LogP contribution in [0.4, 0.5) is 5.69 Å². The van der Waals surface area contributed by atoms with Gasteiger partial charge in [0.1, 0.15) is 4.21 Å². The number of halogens is 2. The number of rotatable bonds is 4. The molecule has 0 fully saturated rings. The molecule has 1 unspecified atom stereocenters. The van der Waals surface area contributed by atoms with Crippen LogP contribution < -0.4 is 10.5 Å². The van der Waals surface area contributed by atoms with E-state index in [9.17, 15) is 8.42 Å². The van der Waals surface area contributed by atoms with Gasteiger partial charge in [-0.05, 0) is 26.0 Å². The van der Waals surface area contributed by atoms with Crippen molar-refractivity contribution in [3.05, 3.63) is 34.2 Å². The summed E-state index contributed by atoms with van der Waals surface area (Å²) < 4.78 is 27.2. The number of nitrogen functional groups attached to an aromatic ring is 1. The van der Waals surface area contributed by atoms with Crippen LogP contribution in [-0.2, 0) is 14.2 Å². The zero-order valence-corrected chi connectivity index (χ0v) is 14.7. The Balaban J connectivity index is 2.54. The lowest BCUT2D eigenvalue weighted by atomic mass is 10.1. The molecule has 1 aliphatic rings. The highest BCUT2D eigenvalue weighted by Gasteiger charge is 2.39. The minimum Gasteiger partial charge on any atom is -0.399 e. The SMILES string of the molecule is CC(C)NS(=O)(=O)c1cc(N)ccc1C1(Cl)CC=C(Cl)S1. The van der Waals surface area contributed by atoms with E-state index in [-0.39, 0.29) is 10.9 Å². The molecule has 3 N–H and O–H groups in total. The number of anilines is 1. The number of thioether (sulfide) groups is 1. The lowest BCUT2D eigenvalue weighted by molar-refractivity contribution is 0.568. The van der Waals surface area contributed by atoms with Crippen LogP contribution in [-0.4, -0.2) is 14.5 Å². The first-order valence-corrected chi connectivity index (χ1v) is 9.35. The number of hydrogen-bond acceptors (Lipinski definition) is 4. The van der Waals surface area contributed by atoms with E-state index in [1.807, 2.05) is 0 Å². The summed E-state index contributed by atoms with van der Waals surface area (Å²) in [5.74, 6) is 0. The second-order valence-electron chi connectivity index (χ2n) is 5.07. The maximum absolute atomic E-state index is 12.5. The highest BCUT2D eigenvalue weighted by atomic mass is 35.5. The average Bonchev–Trinajstić information content (AvgIpc) is 2.68. The molecule has 0 saturated heterocycles. The van der Waals surface area contributed by atoms with Gasteiger partial charge in [-0.3, -0.25) is 0 Å². The van der Waals surface area contributed by atoms with Gasteiger partial charge in [0.25, 0.3) is 0 Å². The van der Waals surface area contributed by atoms with Gasteiger partial charge in [-0.25, -0.2) is 13.1 Å². The highest BCUT2D eigenvalue weighted by Crippen LogP contribution is 2.55. The number of nitrogens with one attached hydrogen (secondary N) is 1. The van der Waals surface area contributed by atoms with Crippen LogP contribution in [0.1, 0.15) is 25.8 Å². The molecule has 2 rings (SSSR count). The third kappa shape index (κ3) is 3.68. The second-order valence-corrected chi connectivity index (χ2v) is 9.60. The van der Waals surface area contributed by atoms with Crippen molar-refractivity contribution in [3.8, 4) is 0 Å². The van der Waals surface area contributed by atoms with Gasteiger partial charge in [0.15, 0.2) is 0 Å². The molecule has 1 aromatic rings. The van der Waals surface area contributed by atoms with Crippen molar-refractivity contribution >= 4 is 50.7 Å². The van der Waals surface area contributed by atoms with Crippen molar-refractivity contribution in [3.63, 3.8) is 0 Å². The molecule has 0 saturated carbocycles. The lowest BCUT2D eigenvalue weighted by Crippen LogP contribution is -2.32. The van der Waals surface area contributed by atoms with Gasteiger partial charge in [-0.1, -0.05) is 35.5 Å². The largest absolute Gasteiger partial charge is 0.399 e. The Morgan fingerprint density at radius 2 is 2.10 bits per heavy atom. The van der Waals surface area contributed by atoms with Crippen LogP contribution >= 0.6 is 35.0 Å². The summed E-state index contributed by atoms with van der Waals surface area (Å²) in [5, 5.41) is 0. The van der Waals surface area contributed by atoms with Crippen LogP contribution in [0.3, 0.4) is 0 Å². The molecular weight excluding hydrogens is 351 g/mol. The Bertz CT molecular complexity index is 689. The van der Waals surface area contributed by atoms with Gasteiger partial charge in [0.2, 0.25) is 10.0 Å². The molecule has 0 radical (unpaired) electrons. The summed E-state index contributed by atoms with van der Waals surface area (Å²) in [6.07, 6.45) is 2.23. The second kappa shape index (κ2) is 6.01. The minimum atomic E-state index is -3.70. The molecule has 0 aromatic heterocycles. The van der Waals surface area contributed by atoms with Gasteiger partial charge in [0, 0.05) is 23.7 Å². The van der Waals surface area contributed by atoms with Gasteiger partial charge < -0.3 is 5.73 Å². The van der Waals surface area contributed by atoms with E-state index in [2.05, 4.69) is 4.72 Å². The van der Waals surface area contributed by atoms with Crippen molar-refractivity contribution in [2.24, 2.45) is 0 Å². The summed E-state index contributed by atoms with van der Waals surface area (Å²) in [6, 6.07) is 4.49. The van der Waals surface area contributed by atoms with Crippen molar-refractivity contribution in [1.82, 2.24) is 4.72 Å². The van der Waals surface area contributed by atoms with Gasteiger partial charge >= 0.3 is 0 Å². The van der Waals surface area contributed by atoms with Gasteiger partial charge in [-0.15, -0.1) is 11.6 Å². The molecule has 0 bridgehead atoms. The fourth-order valence-corrected chi connectivity index (χ4v) is 5.76. The zero-order chi connectivity index (χ0) is 15.8. The molecule has 1 heterocycles. The normalized spacial score (nSPS) is 22.6. The van der Waals surface area contributed by atoms with Crippen LogP contribution in [0.15, 0.2) is 33.5 Å². The van der Waals surface area contributed by atoms with E-state index in [0.717, 1.165) is 0 Å². The summed E-state index contributed by atoms with van der Waals surface area (Å²) in [7, 11) is -3.70. The average molecular weight is 367 g/mol. The highest BCUT2D eigenvalue weighted by molar-refractivity contribution is 8.06. The Kier molecular flexibility index (Phi) is 4.85. The van der Waals surface area contributed by atoms with Crippen LogP contribution in [0.25, 0.3) is 0 Å². The molecule has 0 amide bonds. The monoisotopic (exact) mass is 366 g/mol. The van der Waals surface area contributed by atoms with Crippen LogP contribution in [0, 0.1) is 0 Å². The number of benzene rings is 1. The Morgan fingerprint density at radius 3 is 2.62 bits per heavy atom. The zero-order valence-electron chi connectivity index (χ0n) is 11.6. The summed E-state index contributed by atoms with van der Waals surface area (Å²) in [4.78, 5) is 0.0958. The number of alkyl halides is 1. The fraction of sp³-hybridized carbons (Fsp3) is 0.385. The van der Waals surface area contributed by atoms with Crippen molar-refractivity contribution in [1.29, 1.82) is 0 Å². The summed E-state index contributed by atoms with van der Waals surface area (Å²) >= 11 is 13.8. The molecular formula is C13H16Cl2N2O2S2. The van der Waals surface area contributed by atoms with Crippen LogP contribution in [0.2, 0.25) is 0 Å². The van der Waals surface area contributed by atoms with Crippen molar-refractivity contribution in [2.75, 3.05) is 5.73 Å². The summed E-state index contributed by atoms with van der Waals surface area (Å²) in [6.45, 7) is 3.51. The quantitative estimate of drug-likeness (QED) is 0.631. The third-order valence-electron chi connectivity index (χ3n) is 2.87. The topological polar surface area (TPSA) is 72.2 Å². The van der Waals surface area contributed by atoms with Gasteiger partial charge in [-0.2, -0.15) is 0 Å². The molecule has 8 heteroatoms. The predicted octanol–water partition coefficient (Wildman–Crippen LogP) is 3.56. The molecule has 1 aliphatic heterocycles. The predicted molar refractivity (Wildman–Crippen MR) is 90.0 cm³/mol. The van der Waals surface area contributed by atoms with E-state index >= 15 is 0 Å². The molecule has 4 nitrogen and oxygen atoms in total. The van der Waals surface area contributed by atoms with E-state index in [1.54, 1.807) is 32.1 Å². The number of allylic oxidation sites excluding steroid dienone is 1. The first-order valence-electron chi connectivity index (χ1n) is 6.30. The maximum atomic E-state index is 12.5. The van der Waals surface area contributed by atoms with Crippen LogP contribution in [0.5, 0.6) is 0 Å². The van der Waals surface area contributed by atoms with E-state index in [4.69, 9.17) is 28.9 Å². The Labute approximate surface area is 139 Å². The maximum Gasteiger partial charge on any atom is 0.241 e. The van der Waals surface area contributed by atoms with E-state index in [1.165, 1.54) is 17.8 Å². The molecule has 116 valence electrons. The smallest absolute Gasteiger partial charge is 0.241 e. The molecule has 0 spiro atoms. The standard InChI is InChI=1S/C13H16Cl2N2O2S2/c1-8(2)17-21(18,19)11-7-9(16)3-4-10(11)13(15)6-5-12(14)20-13/h3-5,7-8,17H,6,16H2,1-2H3. The third-order valence-corrected chi connectivity index (χ3v) is 6.62. The minimum absolute atomic E-state index is 0.0958. The van der Waals surface area contributed by atoms with Crippen molar-refractivity contribution < 1.29 is 8.42 Å². The molecule has 1 aromatic carbocycles. The fourth-order valence-electron chi connectivity index (χ4n) is 2.06. The van der Waals surface area contributed by atoms with E-state index < -0.39 is 14.2 Å². The molecule has 21 heavy (non-hydrogen) atoms. The number of sulfonamides is 1. The molecule has 1 atom stereocenters. The lowest BCUT2D eigenvalue weighted by Gasteiger charge is -2.24. The first kappa shape index (κ1) is 17.0. The number of nitrogens with two attached hydrogens (primary N) is 1. The van der Waals surface area contributed by atoms with Crippen molar-refractivity contribution in [2.45, 2.75) is 35.4 Å².